The van der Waals surface area contributed by atoms with Crippen molar-refractivity contribution in [1.29, 1.82) is 0 Å². The van der Waals surface area contributed by atoms with Crippen LogP contribution in [0.3, 0.4) is 0 Å². The standard InChI is InChI=1S/C24H28N6O/c1-16-6-8-21(17(2)14-16)30-26-18(3)23(27-30)24(31)25-20-7-9-22-19(15-20)10-11-29(22)13-12-28(4)5/h6-11,14-15H,12-13H2,1-5H3,(H,25,31). The van der Waals surface area contributed by atoms with Crippen LogP contribution in [0.15, 0.2) is 48.7 Å². The fourth-order valence-corrected chi connectivity index (χ4v) is 3.70. The van der Waals surface area contributed by atoms with Crippen LogP contribution in [0, 0.1) is 20.8 Å². The van der Waals surface area contributed by atoms with Crippen LogP contribution in [0.5, 0.6) is 0 Å². The molecule has 1 amide bonds. The fourth-order valence-electron chi connectivity index (χ4n) is 3.70. The molecule has 0 spiro atoms. The van der Waals surface area contributed by atoms with E-state index in [2.05, 4.69) is 57.4 Å². The second-order valence-corrected chi connectivity index (χ2v) is 8.25. The van der Waals surface area contributed by atoms with E-state index >= 15 is 0 Å². The monoisotopic (exact) mass is 416 g/mol. The molecular formula is C24H28N6O. The van der Waals surface area contributed by atoms with Gasteiger partial charge in [0.15, 0.2) is 5.69 Å². The molecule has 0 radical (unpaired) electrons. The predicted octanol–water partition coefficient (Wildman–Crippen LogP) is 3.96. The zero-order valence-corrected chi connectivity index (χ0v) is 18.7. The minimum Gasteiger partial charge on any atom is -0.346 e. The minimum atomic E-state index is -0.264. The lowest BCUT2D eigenvalue weighted by Crippen LogP contribution is -2.17. The molecule has 160 valence electrons. The van der Waals surface area contributed by atoms with Crippen LogP contribution >= 0.6 is 0 Å². The molecule has 0 bridgehead atoms. The Balaban J connectivity index is 1.54. The van der Waals surface area contributed by atoms with E-state index in [-0.39, 0.29) is 5.91 Å². The molecule has 0 unspecified atom stereocenters. The summed E-state index contributed by atoms with van der Waals surface area (Å²) < 4.78 is 2.22. The van der Waals surface area contributed by atoms with Crippen molar-refractivity contribution < 1.29 is 4.79 Å². The largest absolute Gasteiger partial charge is 0.346 e. The maximum absolute atomic E-state index is 12.9. The number of carbonyl (C=O) groups is 1. The maximum atomic E-state index is 12.9. The molecule has 2 heterocycles. The number of aryl methyl sites for hydroxylation is 3. The first-order valence-corrected chi connectivity index (χ1v) is 10.4. The first kappa shape index (κ1) is 20.8. The summed E-state index contributed by atoms with van der Waals surface area (Å²) in [7, 11) is 4.13. The Hall–Kier alpha value is -3.45. The Morgan fingerprint density at radius 3 is 2.58 bits per heavy atom. The third-order valence-electron chi connectivity index (χ3n) is 5.38. The number of nitrogens with zero attached hydrogens (tertiary/aromatic N) is 5. The van der Waals surface area contributed by atoms with E-state index in [1.807, 2.05) is 44.2 Å². The normalized spacial score (nSPS) is 11.4. The van der Waals surface area contributed by atoms with Crippen molar-refractivity contribution in [2.75, 3.05) is 26.0 Å². The van der Waals surface area contributed by atoms with Crippen molar-refractivity contribution in [2.45, 2.75) is 27.3 Å². The van der Waals surface area contributed by atoms with Gasteiger partial charge in [0.05, 0.1) is 11.4 Å². The van der Waals surface area contributed by atoms with Crippen molar-refractivity contribution in [3.63, 3.8) is 0 Å². The van der Waals surface area contributed by atoms with Gasteiger partial charge in [-0.15, -0.1) is 5.10 Å². The van der Waals surface area contributed by atoms with Crippen LogP contribution in [0.25, 0.3) is 16.6 Å². The summed E-state index contributed by atoms with van der Waals surface area (Å²) in [5.74, 6) is -0.264. The van der Waals surface area contributed by atoms with Crippen LogP contribution in [0.1, 0.15) is 27.3 Å². The topological polar surface area (TPSA) is 68.0 Å². The summed E-state index contributed by atoms with van der Waals surface area (Å²) in [5.41, 5.74) is 5.91. The Labute approximate surface area is 182 Å². The molecule has 0 atom stereocenters. The number of aromatic nitrogens is 4. The second kappa shape index (κ2) is 8.35. The van der Waals surface area contributed by atoms with E-state index in [1.165, 1.54) is 10.4 Å². The van der Waals surface area contributed by atoms with Crippen molar-refractivity contribution in [3.8, 4) is 5.69 Å². The molecule has 4 rings (SSSR count). The average molecular weight is 417 g/mol. The molecule has 0 aliphatic heterocycles. The highest BCUT2D eigenvalue weighted by Gasteiger charge is 2.17. The summed E-state index contributed by atoms with van der Waals surface area (Å²) in [4.78, 5) is 16.6. The smallest absolute Gasteiger partial charge is 0.278 e. The second-order valence-electron chi connectivity index (χ2n) is 8.25. The molecular weight excluding hydrogens is 388 g/mol. The number of rotatable bonds is 6. The molecule has 1 N–H and O–H groups in total. The highest BCUT2D eigenvalue weighted by atomic mass is 16.2. The Morgan fingerprint density at radius 2 is 1.84 bits per heavy atom. The van der Waals surface area contributed by atoms with Crippen LogP contribution in [-0.2, 0) is 6.54 Å². The van der Waals surface area contributed by atoms with Crippen LogP contribution in [0.4, 0.5) is 5.69 Å². The quantitative estimate of drug-likeness (QED) is 0.517. The SMILES string of the molecule is Cc1ccc(-n2nc(C)c(C(=O)Nc3ccc4c(ccn4CCN(C)C)c3)n2)c(C)c1. The van der Waals surface area contributed by atoms with Gasteiger partial charge in [0.25, 0.3) is 5.91 Å². The molecule has 0 saturated heterocycles. The third kappa shape index (κ3) is 4.36. The van der Waals surface area contributed by atoms with Gasteiger partial charge in [0.2, 0.25) is 0 Å². The molecule has 0 fully saturated rings. The van der Waals surface area contributed by atoms with Crippen LogP contribution in [0.2, 0.25) is 0 Å². The van der Waals surface area contributed by atoms with E-state index in [0.29, 0.717) is 11.4 Å². The third-order valence-corrected chi connectivity index (χ3v) is 5.38. The molecule has 7 nitrogen and oxygen atoms in total. The molecule has 31 heavy (non-hydrogen) atoms. The minimum absolute atomic E-state index is 0.264. The number of hydrogen-bond acceptors (Lipinski definition) is 4. The summed E-state index contributed by atoms with van der Waals surface area (Å²) in [6, 6.07) is 14.1. The first-order chi connectivity index (χ1) is 14.8. The lowest BCUT2D eigenvalue weighted by molar-refractivity contribution is 0.102. The van der Waals surface area contributed by atoms with E-state index in [9.17, 15) is 4.79 Å². The predicted molar refractivity (Wildman–Crippen MR) is 124 cm³/mol. The number of likely N-dealkylation sites (N-methyl/N-ethyl adjacent to an activating group) is 1. The van der Waals surface area contributed by atoms with Gasteiger partial charge in [0.1, 0.15) is 0 Å². The Morgan fingerprint density at radius 1 is 1.03 bits per heavy atom. The maximum Gasteiger partial charge on any atom is 0.278 e. The molecule has 2 aromatic carbocycles. The number of anilines is 1. The van der Waals surface area contributed by atoms with Gasteiger partial charge in [0, 0.05) is 35.9 Å². The number of hydrogen-bond donors (Lipinski definition) is 1. The molecule has 4 aromatic rings. The Kier molecular flexibility index (Phi) is 5.61. The highest BCUT2D eigenvalue weighted by molar-refractivity contribution is 6.04. The van der Waals surface area contributed by atoms with E-state index in [1.54, 1.807) is 6.92 Å². The van der Waals surface area contributed by atoms with Crippen molar-refractivity contribution in [3.05, 3.63) is 71.2 Å². The molecule has 7 heteroatoms. The molecule has 0 aliphatic rings. The summed E-state index contributed by atoms with van der Waals surface area (Å²) in [6.07, 6.45) is 2.08. The van der Waals surface area contributed by atoms with Gasteiger partial charge in [-0.3, -0.25) is 4.79 Å². The van der Waals surface area contributed by atoms with E-state index in [4.69, 9.17) is 0 Å². The lowest BCUT2D eigenvalue weighted by atomic mass is 10.1. The van der Waals surface area contributed by atoms with Gasteiger partial charge in [-0.2, -0.15) is 9.90 Å². The number of fused-ring (bicyclic) bond motifs is 1. The summed E-state index contributed by atoms with van der Waals surface area (Å²) in [6.45, 7) is 7.75. The lowest BCUT2D eigenvalue weighted by Gasteiger charge is -2.11. The van der Waals surface area contributed by atoms with Crippen molar-refractivity contribution in [2.24, 2.45) is 0 Å². The van der Waals surface area contributed by atoms with Crippen LogP contribution < -0.4 is 5.32 Å². The van der Waals surface area contributed by atoms with Crippen molar-refractivity contribution >= 4 is 22.5 Å². The van der Waals surface area contributed by atoms with Gasteiger partial charge in [-0.25, -0.2) is 0 Å². The van der Waals surface area contributed by atoms with Gasteiger partial charge < -0.3 is 14.8 Å². The molecule has 0 aliphatic carbocycles. The Bertz CT molecular complexity index is 1250. The van der Waals surface area contributed by atoms with Gasteiger partial charge in [-0.1, -0.05) is 17.7 Å². The zero-order valence-electron chi connectivity index (χ0n) is 18.7. The number of amides is 1. The van der Waals surface area contributed by atoms with Gasteiger partial charge >= 0.3 is 0 Å². The summed E-state index contributed by atoms with van der Waals surface area (Å²) >= 11 is 0. The highest BCUT2D eigenvalue weighted by Crippen LogP contribution is 2.22. The summed E-state index contributed by atoms with van der Waals surface area (Å²) in [5, 5.41) is 13.0. The molecule has 2 aromatic heterocycles. The number of nitrogens with one attached hydrogen (secondary N) is 1. The zero-order chi connectivity index (χ0) is 22.1. The first-order valence-electron chi connectivity index (χ1n) is 10.4. The van der Waals surface area contributed by atoms with Crippen molar-refractivity contribution in [1.82, 2.24) is 24.5 Å². The van der Waals surface area contributed by atoms with Crippen LogP contribution in [-0.4, -0.2) is 51.0 Å². The van der Waals surface area contributed by atoms with E-state index < -0.39 is 0 Å². The molecule has 0 saturated carbocycles. The fraction of sp³-hybridized carbons (Fsp3) is 0.292. The van der Waals surface area contributed by atoms with Gasteiger partial charge in [-0.05, 0) is 70.8 Å². The number of benzene rings is 2. The van der Waals surface area contributed by atoms with E-state index in [0.717, 1.165) is 40.9 Å². The average Bonchev–Trinajstić information content (AvgIpc) is 3.29. The number of carbonyl (C=O) groups excluding carboxylic acids is 1.